The Kier molecular flexibility index (Phi) is 5.70. The number of carbonyl (C=O) groups excluding carboxylic acids is 2. The van der Waals surface area contributed by atoms with Gasteiger partial charge in [-0.25, -0.2) is 9.78 Å². The van der Waals surface area contributed by atoms with E-state index >= 15 is 0 Å². The van der Waals surface area contributed by atoms with Crippen LogP contribution in [-0.4, -0.2) is 41.0 Å². The van der Waals surface area contributed by atoms with Crippen LogP contribution in [0.1, 0.15) is 28.8 Å². The fraction of sp³-hybridized carbons (Fsp3) is 0.333. The highest BCUT2D eigenvalue weighted by atomic mass is 32.1. The smallest absolute Gasteiger partial charge is 0.355 e. The standard InChI is InChI=1S/C18H19N3O5S/c1-2-26-14-6-4-3-5-13(14)21-9-11(7-16(21)22)17(23)19-8-15-20-12(10-27-15)18(24)25/h3-6,10-11H,2,7-9H2,1H3,(H,19,23)(H,24,25). The van der Waals surface area contributed by atoms with E-state index in [1.54, 1.807) is 17.0 Å². The Balaban J connectivity index is 1.62. The lowest BCUT2D eigenvalue weighted by molar-refractivity contribution is -0.126. The van der Waals surface area contributed by atoms with Crippen LogP contribution in [0.3, 0.4) is 0 Å². The van der Waals surface area contributed by atoms with Crippen molar-refractivity contribution in [2.75, 3.05) is 18.1 Å². The molecule has 1 unspecified atom stereocenters. The van der Waals surface area contributed by atoms with E-state index in [-0.39, 0.29) is 37.0 Å². The average molecular weight is 389 g/mol. The number of nitrogens with one attached hydrogen (secondary N) is 1. The van der Waals surface area contributed by atoms with Crippen molar-refractivity contribution in [1.82, 2.24) is 10.3 Å². The van der Waals surface area contributed by atoms with E-state index in [9.17, 15) is 14.4 Å². The maximum Gasteiger partial charge on any atom is 0.355 e. The third kappa shape index (κ3) is 4.25. The molecule has 27 heavy (non-hydrogen) atoms. The van der Waals surface area contributed by atoms with Gasteiger partial charge in [-0.15, -0.1) is 11.3 Å². The highest BCUT2D eigenvalue weighted by Crippen LogP contribution is 2.33. The molecule has 1 aliphatic heterocycles. The van der Waals surface area contributed by atoms with Crippen molar-refractivity contribution in [3.05, 3.63) is 40.3 Å². The summed E-state index contributed by atoms with van der Waals surface area (Å²) in [5, 5.41) is 13.5. The fourth-order valence-electron chi connectivity index (χ4n) is 2.87. The zero-order chi connectivity index (χ0) is 19.4. The number of thiazole rings is 1. The Hall–Kier alpha value is -2.94. The molecule has 3 rings (SSSR count). The molecule has 2 N–H and O–H groups in total. The molecule has 1 saturated heterocycles. The van der Waals surface area contributed by atoms with E-state index < -0.39 is 11.9 Å². The molecular weight excluding hydrogens is 370 g/mol. The molecule has 2 heterocycles. The van der Waals surface area contributed by atoms with Gasteiger partial charge in [-0.2, -0.15) is 0 Å². The van der Waals surface area contributed by atoms with Crippen molar-refractivity contribution in [3.8, 4) is 5.75 Å². The fourth-order valence-corrected chi connectivity index (χ4v) is 3.58. The summed E-state index contributed by atoms with van der Waals surface area (Å²) >= 11 is 1.17. The topological polar surface area (TPSA) is 109 Å². The van der Waals surface area contributed by atoms with Crippen molar-refractivity contribution in [1.29, 1.82) is 0 Å². The molecule has 142 valence electrons. The molecule has 1 aliphatic rings. The largest absolute Gasteiger partial charge is 0.492 e. The van der Waals surface area contributed by atoms with Crippen molar-refractivity contribution in [3.63, 3.8) is 0 Å². The molecular formula is C18H19N3O5S. The van der Waals surface area contributed by atoms with E-state index in [4.69, 9.17) is 9.84 Å². The van der Waals surface area contributed by atoms with Crippen LogP contribution in [-0.2, 0) is 16.1 Å². The summed E-state index contributed by atoms with van der Waals surface area (Å²) < 4.78 is 5.57. The first-order valence-electron chi connectivity index (χ1n) is 8.47. The van der Waals surface area contributed by atoms with E-state index in [1.807, 2.05) is 19.1 Å². The second-order valence-electron chi connectivity index (χ2n) is 5.96. The lowest BCUT2D eigenvalue weighted by Gasteiger charge is -2.20. The summed E-state index contributed by atoms with van der Waals surface area (Å²) in [5.74, 6) is -1.37. The van der Waals surface area contributed by atoms with Gasteiger partial charge < -0.3 is 20.1 Å². The highest BCUT2D eigenvalue weighted by molar-refractivity contribution is 7.09. The summed E-state index contributed by atoms with van der Waals surface area (Å²) in [6.07, 6.45) is 0.116. The molecule has 8 nitrogen and oxygen atoms in total. The monoisotopic (exact) mass is 389 g/mol. The Morgan fingerprint density at radius 2 is 2.19 bits per heavy atom. The van der Waals surface area contributed by atoms with Gasteiger partial charge in [-0.3, -0.25) is 9.59 Å². The molecule has 1 aromatic carbocycles. The molecule has 0 bridgehead atoms. The number of benzene rings is 1. The normalized spacial score (nSPS) is 16.4. The van der Waals surface area contributed by atoms with Crippen molar-refractivity contribution < 1.29 is 24.2 Å². The quantitative estimate of drug-likeness (QED) is 0.749. The molecule has 9 heteroatoms. The summed E-state index contributed by atoms with van der Waals surface area (Å²) in [5.41, 5.74) is 0.615. The first-order valence-corrected chi connectivity index (χ1v) is 9.35. The van der Waals surface area contributed by atoms with Gasteiger partial charge in [-0.1, -0.05) is 12.1 Å². The molecule has 0 aliphatic carbocycles. The molecule has 1 atom stereocenters. The summed E-state index contributed by atoms with van der Waals surface area (Å²) in [7, 11) is 0. The number of hydrogen-bond donors (Lipinski definition) is 2. The number of carboxylic acid groups (broad SMARTS) is 1. The molecule has 0 spiro atoms. The van der Waals surface area contributed by atoms with Gasteiger partial charge in [0.25, 0.3) is 0 Å². The minimum Gasteiger partial charge on any atom is -0.492 e. The van der Waals surface area contributed by atoms with E-state index in [0.29, 0.717) is 23.1 Å². The molecule has 0 saturated carbocycles. The number of hydrogen-bond acceptors (Lipinski definition) is 6. The number of rotatable bonds is 7. The maximum atomic E-state index is 12.4. The summed E-state index contributed by atoms with van der Waals surface area (Å²) in [6.45, 7) is 2.76. The number of aromatic nitrogens is 1. The number of anilines is 1. The van der Waals surface area contributed by atoms with Crippen LogP contribution in [0, 0.1) is 5.92 Å². The van der Waals surface area contributed by atoms with Crippen molar-refractivity contribution >= 4 is 34.8 Å². The SMILES string of the molecule is CCOc1ccccc1N1CC(C(=O)NCc2nc(C(=O)O)cs2)CC1=O. The third-order valence-electron chi connectivity index (χ3n) is 4.14. The predicted octanol–water partition coefficient (Wildman–Crippen LogP) is 1.91. The number of para-hydroxylation sites is 2. The molecule has 0 radical (unpaired) electrons. The zero-order valence-corrected chi connectivity index (χ0v) is 15.5. The lowest BCUT2D eigenvalue weighted by Crippen LogP contribution is -2.32. The second kappa shape index (κ2) is 8.17. The number of nitrogens with zero attached hydrogens (tertiary/aromatic N) is 2. The van der Waals surface area contributed by atoms with Gasteiger partial charge in [0.1, 0.15) is 10.8 Å². The number of aromatic carboxylic acids is 1. The van der Waals surface area contributed by atoms with Gasteiger partial charge in [0.15, 0.2) is 5.69 Å². The Morgan fingerprint density at radius 1 is 1.41 bits per heavy atom. The number of carbonyl (C=O) groups is 3. The number of ether oxygens (including phenoxy) is 1. The van der Waals surface area contributed by atoms with Crippen LogP contribution >= 0.6 is 11.3 Å². The van der Waals surface area contributed by atoms with Crippen LogP contribution in [0.4, 0.5) is 5.69 Å². The lowest BCUT2D eigenvalue weighted by atomic mass is 10.1. The van der Waals surface area contributed by atoms with Crippen LogP contribution in [0.2, 0.25) is 0 Å². The van der Waals surface area contributed by atoms with Crippen LogP contribution < -0.4 is 15.0 Å². The minimum atomic E-state index is -1.10. The Morgan fingerprint density at radius 3 is 2.89 bits per heavy atom. The van der Waals surface area contributed by atoms with Crippen LogP contribution in [0.5, 0.6) is 5.75 Å². The Bertz CT molecular complexity index is 866. The van der Waals surface area contributed by atoms with E-state index in [1.165, 1.54) is 16.7 Å². The van der Waals surface area contributed by atoms with Crippen LogP contribution in [0.15, 0.2) is 29.6 Å². The van der Waals surface area contributed by atoms with Crippen molar-refractivity contribution in [2.24, 2.45) is 5.92 Å². The average Bonchev–Trinajstić information content (AvgIpc) is 3.27. The van der Waals surface area contributed by atoms with Gasteiger partial charge >= 0.3 is 5.97 Å². The first-order chi connectivity index (χ1) is 13.0. The first kappa shape index (κ1) is 18.8. The highest BCUT2D eigenvalue weighted by Gasteiger charge is 2.36. The molecule has 2 aromatic rings. The zero-order valence-electron chi connectivity index (χ0n) is 14.7. The maximum absolute atomic E-state index is 12.4. The Labute approximate surface area is 159 Å². The van der Waals surface area contributed by atoms with E-state index in [2.05, 4.69) is 10.3 Å². The van der Waals surface area contributed by atoms with Gasteiger partial charge in [0, 0.05) is 18.3 Å². The second-order valence-corrected chi connectivity index (χ2v) is 6.90. The van der Waals surface area contributed by atoms with Gasteiger partial charge in [-0.05, 0) is 19.1 Å². The van der Waals surface area contributed by atoms with Crippen LogP contribution in [0.25, 0.3) is 0 Å². The predicted molar refractivity (Wildman–Crippen MR) is 99.0 cm³/mol. The number of amides is 2. The van der Waals surface area contributed by atoms with Crippen molar-refractivity contribution in [2.45, 2.75) is 19.9 Å². The third-order valence-corrected chi connectivity index (χ3v) is 4.99. The van der Waals surface area contributed by atoms with Gasteiger partial charge in [0.05, 0.1) is 24.8 Å². The number of carboxylic acids is 1. The molecule has 1 fully saturated rings. The molecule has 2 amide bonds. The van der Waals surface area contributed by atoms with E-state index in [0.717, 1.165) is 0 Å². The molecule has 1 aromatic heterocycles. The minimum absolute atomic E-state index is 0.0426. The summed E-state index contributed by atoms with van der Waals surface area (Å²) in [4.78, 5) is 41.2. The van der Waals surface area contributed by atoms with Gasteiger partial charge in [0.2, 0.25) is 11.8 Å². The summed E-state index contributed by atoms with van der Waals surface area (Å²) in [6, 6.07) is 7.24.